The molecule has 3 nitrogen and oxygen atoms in total. The summed E-state index contributed by atoms with van der Waals surface area (Å²) in [5, 5.41) is 1.23. The van der Waals surface area contributed by atoms with Gasteiger partial charge in [-0.05, 0) is 41.5 Å². The van der Waals surface area contributed by atoms with Crippen molar-refractivity contribution in [1.29, 1.82) is 0 Å². The number of carbonyl (C=O) groups excluding carboxylic acids is 1. The quantitative estimate of drug-likeness (QED) is 0.393. The predicted octanol–water partition coefficient (Wildman–Crippen LogP) is 4.61. The molecule has 3 aromatic rings. The number of halogens is 2. The van der Waals surface area contributed by atoms with Crippen molar-refractivity contribution in [2.24, 2.45) is 0 Å². The number of hydrogen-bond donors (Lipinski definition) is 0. The van der Waals surface area contributed by atoms with Gasteiger partial charge >= 0.3 is 5.63 Å². The fraction of sp³-hybridized carbons (Fsp3) is 0.111. The Morgan fingerprint density at radius 2 is 1.87 bits per heavy atom. The lowest BCUT2D eigenvalue weighted by molar-refractivity contribution is 0.0989. The van der Waals surface area contributed by atoms with E-state index in [-0.39, 0.29) is 17.8 Å². The van der Waals surface area contributed by atoms with E-state index in [0.29, 0.717) is 21.9 Å². The van der Waals surface area contributed by atoms with Gasteiger partial charge in [0.25, 0.3) is 0 Å². The monoisotopic (exact) mass is 346 g/mol. The van der Waals surface area contributed by atoms with E-state index in [1.54, 1.807) is 48.5 Å². The van der Waals surface area contributed by atoms with Gasteiger partial charge in [-0.1, -0.05) is 29.8 Å². The van der Waals surface area contributed by atoms with Crippen LogP contribution in [-0.4, -0.2) is 5.78 Å². The van der Waals surface area contributed by atoms with Gasteiger partial charge in [0, 0.05) is 22.7 Å². The van der Waals surface area contributed by atoms with E-state index in [2.05, 4.69) is 0 Å². The number of ketones is 1. The Labute approximate surface area is 142 Å². The number of carbonyl (C=O) groups is 1. The minimum atomic E-state index is -0.636. The molecule has 0 atom stereocenters. The molecule has 0 saturated heterocycles. The van der Waals surface area contributed by atoms with E-state index in [0.717, 1.165) is 11.1 Å². The van der Waals surface area contributed by atoms with Crippen LogP contribution < -0.4 is 5.63 Å². The predicted molar refractivity (Wildman–Crippen MR) is 91.5 cm³/mol. The molecule has 1 aromatic heterocycles. The minimum Gasteiger partial charge on any atom is -0.422 e. The fourth-order valence-electron chi connectivity index (χ4n) is 2.38. The number of alkyl halides is 1. The van der Waals surface area contributed by atoms with Crippen LogP contribution in [0.3, 0.4) is 0 Å². The van der Waals surface area contributed by atoms with Gasteiger partial charge in [0.15, 0.2) is 5.78 Å². The molecule has 0 unspecified atom stereocenters. The Bertz CT molecular complexity index is 944. The zero-order valence-electron chi connectivity index (χ0n) is 12.0. The van der Waals surface area contributed by atoms with Crippen molar-refractivity contribution in [3.05, 3.63) is 80.7 Å². The summed E-state index contributed by atoms with van der Waals surface area (Å²) in [4.78, 5) is 24.5. The molecule has 23 heavy (non-hydrogen) atoms. The van der Waals surface area contributed by atoms with Crippen LogP contribution in [0.1, 0.15) is 21.5 Å². The Kier molecular flexibility index (Phi) is 4.51. The first-order valence-corrected chi connectivity index (χ1v) is 7.88. The van der Waals surface area contributed by atoms with Gasteiger partial charge in [0.2, 0.25) is 0 Å². The van der Waals surface area contributed by atoms with Crippen LogP contribution in [0.5, 0.6) is 0 Å². The summed E-state index contributed by atoms with van der Waals surface area (Å²) in [6, 6.07) is 13.8. The average molecular weight is 347 g/mol. The lowest BCUT2D eigenvalue weighted by Gasteiger charge is -2.04. The number of Topliss-reactive ketones (excluding diaryl/α,β-unsaturated/α-hetero) is 1. The van der Waals surface area contributed by atoms with Gasteiger partial charge in [-0.3, -0.25) is 4.79 Å². The van der Waals surface area contributed by atoms with E-state index in [1.165, 1.54) is 0 Å². The SMILES string of the molecule is O=C(Cc1cccc(Cl)c1)c1cc2cc(CCl)ccc2oc1=O. The smallest absolute Gasteiger partial charge is 0.347 e. The summed E-state index contributed by atoms with van der Waals surface area (Å²) >= 11 is 11.7. The van der Waals surface area contributed by atoms with Gasteiger partial charge in [0.05, 0.1) is 0 Å². The van der Waals surface area contributed by atoms with Crippen molar-refractivity contribution in [3.8, 4) is 0 Å². The maximum Gasteiger partial charge on any atom is 0.347 e. The molecule has 0 aliphatic carbocycles. The highest BCUT2D eigenvalue weighted by Gasteiger charge is 2.14. The molecule has 2 aromatic carbocycles. The highest BCUT2D eigenvalue weighted by molar-refractivity contribution is 6.30. The summed E-state index contributed by atoms with van der Waals surface area (Å²) in [5.74, 6) is 0.0418. The highest BCUT2D eigenvalue weighted by atomic mass is 35.5. The maximum atomic E-state index is 12.4. The Morgan fingerprint density at radius 1 is 1.04 bits per heavy atom. The Morgan fingerprint density at radius 3 is 2.61 bits per heavy atom. The van der Waals surface area contributed by atoms with Gasteiger partial charge < -0.3 is 4.42 Å². The van der Waals surface area contributed by atoms with Gasteiger partial charge in [-0.25, -0.2) is 4.79 Å². The third kappa shape index (κ3) is 3.46. The summed E-state index contributed by atoms with van der Waals surface area (Å²) in [5.41, 5.74) is 1.47. The zero-order valence-corrected chi connectivity index (χ0v) is 13.5. The normalized spacial score (nSPS) is 10.9. The van der Waals surface area contributed by atoms with Crippen molar-refractivity contribution < 1.29 is 9.21 Å². The van der Waals surface area contributed by atoms with Crippen LogP contribution in [0.4, 0.5) is 0 Å². The third-order valence-electron chi connectivity index (χ3n) is 3.51. The molecule has 5 heteroatoms. The Balaban J connectivity index is 1.99. The van der Waals surface area contributed by atoms with Crippen molar-refractivity contribution in [1.82, 2.24) is 0 Å². The topological polar surface area (TPSA) is 47.3 Å². The molecule has 0 aliphatic heterocycles. The van der Waals surface area contributed by atoms with Crippen LogP contribution in [0.15, 0.2) is 57.7 Å². The van der Waals surface area contributed by atoms with Gasteiger partial charge in [0.1, 0.15) is 11.1 Å². The van der Waals surface area contributed by atoms with Crippen LogP contribution in [-0.2, 0) is 12.3 Å². The molecule has 0 saturated carbocycles. The molecule has 0 amide bonds. The van der Waals surface area contributed by atoms with E-state index < -0.39 is 5.63 Å². The van der Waals surface area contributed by atoms with E-state index in [1.807, 2.05) is 0 Å². The van der Waals surface area contributed by atoms with E-state index in [4.69, 9.17) is 27.6 Å². The summed E-state index contributed by atoms with van der Waals surface area (Å²) < 4.78 is 5.23. The second kappa shape index (κ2) is 6.57. The van der Waals surface area contributed by atoms with Crippen LogP contribution in [0.2, 0.25) is 5.02 Å². The molecule has 0 aliphatic rings. The standard InChI is InChI=1S/C18H12Cl2O3/c19-10-12-4-5-17-13(6-12)9-15(18(22)23-17)16(21)8-11-2-1-3-14(20)7-11/h1-7,9H,8,10H2. The van der Waals surface area contributed by atoms with Crippen molar-refractivity contribution in [3.63, 3.8) is 0 Å². The molecular formula is C18H12Cl2O3. The summed E-state index contributed by atoms with van der Waals surface area (Å²) in [6.45, 7) is 0. The number of hydrogen-bond acceptors (Lipinski definition) is 3. The van der Waals surface area contributed by atoms with E-state index in [9.17, 15) is 9.59 Å². The first kappa shape index (κ1) is 15.8. The molecule has 3 rings (SSSR count). The lowest BCUT2D eigenvalue weighted by Crippen LogP contribution is -2.15. The van der Waals surface area contributed by atoms with Crippen LogP contribution in [0, 0.1) is 0 Å². The van der Waals surface area contributed by atoms with Crippen molar-refractivity contribution in [2.45, 2.75) is 12.3 Å². The van der Waals surface area contributed by atoms with Crippen molar-refractivity contribution in [2.75, 3.05) is 0 Å². The highest BCUT2D eigenvalue weighted by Crippen LogP contribution is 2.18. The third-order valence-corrected chi connectivity index (χ3v) is 4.05. The summed E-state index contributed by atoms with van der Waals surface area (Å²) in [7, 11) is 0. The maximum absolute atomic E-state index is 12.4. The molecule has 0 bridgehead atoms. The molecule has 0 spiro atoms. The number of benzene rings is 2. The molecule has 0 radical (unpaired) electrons. The largest absolute Gasteiger partial charge is 0.422 e. The molecule has 0 N–H and O–H groups in total. The van der Waals surface area contributed by atoms with Crippen molar-refractivity contribution >= 4 is 40.0 Å². The molecular weight excluding hydrogens is 335 g/mol. The number of rotatable bonds is 4. The lowest BCUT2D eigenvalue weighted by atomic mass is 10.0. The van der Waals surface area contributed by atoms with Crippen LogP contribution >= 0.6 is 23.2 Å². The van der Waals surface area contributed by atoms with Crippen LogP contribution in [0.25, 0.3) is 11.0 Å². The molecule has 0 fully saturated rings. The molecule has 116 valence electrons. The molecule has 1 heterocycles. The Hall–Kier alpha value is -2.10. The second-order valence-corrected chi connectivity index (χ2v) is 5.89. The first-order valence-electron chi connectivity index (χ1n) is 6.97. The number of fused-ring (bicyclic) bond motifs is 1. The van der Waals surface area contributed by atoms with Gasteiger partial charge in [-0.2, -0.15) is 0 Å². The minimum absolute atomic E-state index is 0.0317. The van der Waals surface area contributed by atoms with E-state index >= 15 is 0 Å². The fourth-order valence-corrected chi connectivity index (χ4v) is 2.76. The second-order valence-electron chi connectivity index (χ2n) is 5.18. The first-order chi connectivity index (χ1) is 11.1. The van der Waals surface area contributed by atoms with Gasteiger partial charge in [-0.15, -0.1) is 11.6 Å². The average Bonchev–Trinajstić information content (AvgIpc) is 2.53. The summed E-state index contributed by atoms with van der Waals surface area (Å²) in [6.07, 6.45) is 0.0893. The zero-order chi connectivity index (χ0) is 16.4.